The SMILES string of the molecule is CCOC(=O)c1nc2ccccc2nc1Nc1cc(C)ccc1OC. The lowest BCUT2D eigenvalue weighted by atomic mass is 10.2. The molecule has 1 heterocycles. The van der Waals surface area contributed by atoms with Crippen molar-refractivity contribution in [3.63, 3.8) is 0 Å². The lowest BCUT2D eigenvalue weighted by molar-refractivity contribution is 0.0521. The Morgan fingerprint density at radius 2 is 1.84 bits per heavy atom. The number of hydrogen-bond donors (Lipinski definition) is 1. The Balaban J connectivity index is 2.12. The van der Waals surface area contributed by atoms with E-state index in [1.54, 1.807) is 14.0 Å². The minimum atomic E-state index is -0.519. The zero-order valence-corrected chi connectivity index (χ0v) is 14.4. The molecular formula is C19H19N3O3. The molecule has 0 fully saturated rings. The number of nitrogens with zero attached hydrogens (tertiary/aromatic N) is 2. The second-order valence-corrected chi connectivity index (χ2v) is 5.46. The number of methoxy groups -OCH3 is 1. The van der Waals surface area contributed by atoms with Gasteiger partial charge in [0.05, 0.1) is 30.4 Å². The second-order valence-electron chi connectivity index (χ2n) is 5.46. The number of fused-ring (bicyclic) bond motifs is 1. The monoisotopic (exact) mass is 337 g/mol. The number of aryl methyl sites for hydroxylation is 1. The maximum atomic E-state index is 12.3. The molecule has 0 aliphatic carbocycles. The highest BCUT2D eigenvalue weighted by molar-refractivity contribution is 5.96. The number of carbonyl (C=O) groups is 1. The second kappa shape index (κ2) is 7.17. The van der Waals surface area contributed by atoms with Gasteiger partial charge in [0.25, 0.3) is 0 Å². The first-order valence-corrected chi connectivity index (χ1v) is 7.98. The van der Waals surface area contributed by atoms with Gasteiger partial charge in [0.1, 0.15) is 5.75 Å². The van der Waals surface area contributed by atoms with E-state index < -0.39 is 5.97 Å². The molecular weight excluding hydrogens is 318 g/mol. The van der Waals surface area contributed by atoms with Gasteiger partial charge >= 0.3 is 5.97 Å². The number of carbonyl (C=O) groups excluding carboxylic acids is 1. The molecule has 25 heavy (non-hydrogen) atoms. The van der Waals surface area contributed by atoms with Crippen molar-refractivity contribution in [2.45, 2.75) is 13.8 Å². The average Bonchev–Trinajstić information content (AvgIpc) is 2.61. The van der Waals surface area contributed by atoms with Crippen LogP contribution in [0.4, 0.5) is 11.5 Å². The van der Waals surface area contributed by atoms with Crippen molar-refractivity contribution in [3.8, 4) is 5.75 Å². The molecule has 0 aliphatic heterocycles. The summed E-state index contributed by atoms with van der Waals surface area (Å²) >= 11 is 0. The number of hydrogen-bond acceptors (Lipinski definition) is 6. The number of para-hydroxylation sites is 2. The molecule has 0 spiro atoms. The summed E-state index contributed by atoms with van der Waals surface area (Å²) in [6.45, 7) is 3.99. The van der Waals surface area contributed by atoms with Crippen LogP contribution in [0.1, 0.15) is 23.0 Å². The number of esters is 1. The lowest BCUT2D eigenvalue weighted by Crippen LogP contribution is -2.12. The highest BCUT2D eigenvalue weighted by atomic mass is 16.5. The maximum Gasteiger partial charge on any atom is 0.360 e. The molecule has 0 amide bonds. The lowest BCUT2D eigenvalue weighted by Gasteiger charge is -2.14. The van der Waals surface area contributed by atoms with E-state index in [9.17, 15) is 4.79 Å². The highest BCUT2D eigenvalue weighted by Crippen LogP contribution is 2.29. The van der Waals surface area contributed by atoms with Crippen molar-refractivity contribution >= 4 is 28.5 Å². The Hall–Kier alpha value is -3.15. The van der Waals surface area contributed by atoms with Gasteiger partial charge in [-0.05, 0) is 43.7 Å². The van der Waals surface area contributed by atoms with Crippen LogP contribution < -0.4 is 10.1 Å². The maximum absolute atomic E-state index is 12.3. The van der Waals surface area contributed by atoms with Crippen LogP contribution in [0.3, 0.4) is 0 Å². The Kier molecular flexibility index (Phi) is 4.79. The molecule has 0 saturated carbocycles. The van der Waals surface area contributed by atoms with E-state index in [0.29, 0.717) is 28.3 Å². The number of nitrogens with one attached hydrogen (secondary N) is 1. The van der Waals surface area contributed by atoms with Crippen LogP contribution in [0.2, 0.25) is 0 Å². The van der Waals surface area contributed by atoms with Crippen LogP contribution in [0, 0.1) is 6.92 Å². The van der Waals surface area contributed by atoms with Crippen molar-refractivity contribution in [2.75, 3.05) is 19.0 Å². The fraction of sp³-hybridized carbons (Fsp3) is 0.211. The minimum Gasteiger partial charge on any atom is -0.495 e. The van der Waals surface area contributed by atoms with Gasteiger partial charge in [0.2, 0.25) is 0 Å². The first-order valence-electron chi connectivity index (χ1n) is 7.98. The van der Waals surface area contributed by atoms with Gasteiger partial charge in [-0.1, -0.05) is 18.2 Å². The fourth-order valence-electron chi connectivity index (χ4n) is 2.48. The van der Waals surface area contributed by atoms with Gasteiger partial charge in [-0.25, -0.2) is 14.8 Å². The van der Waals surface area contributed by atoms with Gasteiger partial charge in [-0.3, -0.25) is 0 Å². The van der Waals surface area contributed by atoms with E-state index in [0.717, 1.165) is 5.56 Å². The molecule has 0 saturated heterocycles. The summed E-state index contributed by atoms with van der Waals surface area (Å²) in [4.78, 5) is 21.3. The molecule has 2 aromatic carbocycles. The predicted molar refractivity (Wildman–Crippen MR) is 96.5 cm³/mol. The summed E-state index contributed by atoms with van der Waals surface area (Å²) in [5, 5.41) is 3.16. The van der Waals surface area contributed by atoms with Crippen LogP contribution in [0.5, 0.6) is 5.75 Å². The summed E-state index contributed by atoms with van der Waals surface area (Å²) in [5.74, 6) is 0.464. The molecule has 3 aromatic rings. The third kappa shape index (κ3) is 3.52. The molecule has 0 atom stereocenters. The standard InChI is InChI=1S/C19H19N3O3/c1-4-25-19(23)17-18(21-14-8-6-5-7-13(14)20-17)22-15-11-12(2)9-10-16(15)24-3/h5-11H,4H2,1-3H3,(H,21,22). The molecule has 0 bridgehead atoms. The first-order chi connectivity index (χ1) is 12.1. The number of aromatic nitrogens is 2. The zero-order chi connectivity index (χ0) is 17.8. The van der Waals surface area contributed by atoms with Crippen molar-refractivity contribution < 1.29 is 14.3 Å². The molecule has 6 heteroatoms. The third-order valence-electron chi connectivity index (χ3n) is 3.65. The molecule has 128 valence electrons. The van der Waals surface area contributed by atoms with Gasteiger partial charge in [-0.2, -0.15) is 0 Å². The predicted octanol–water partition coefficient (Wildman–Crippen LogP) is 3.87. The van der Waals surface area contributed by atoms with Gasteiger partial charge < -0.3 is 14.8 Å². The normalized spacial score (nSPS) is 10.5. The van der Waals surface area contributed by atoms with Crippen molar-refractivity contribution in [1.29, 1.82) is 0 Å². The van der Waals surface area contributed by atoms with E-state index in [-0.39, 0.29) is 12.3 Å². The van der Waals surface area contributed by atoms with Crippen molar-refractivity contribution in [2.24, 2.45) is 0 Å². The minimum absolute atomic E-state index is 0.143. The third-order valence-corrected chi connectivity index (χ3v) is 3.65. The quantitative estimate of drug-likeness (QED) is 0.713. The molecule has 3 rings (SSSR count). The highest BCUT2D eigenvalue weighted by Gasteiger charge is 2.19. The van der Waals surface area contributed by atoms with Crippen LogP contribution in [-0.4, -0.2) is 29.7 Å². The summed E-state index contributed by atoms with van der Waals surface area (Å²) in [6, 6.07) is 13.1. The van der Waals surface area contributed by atoms with Crippen molar-refractivity contribution in [3.05, 3.63) is 53.7 Å². The molecule has 0 aliphatic rings. The number of anilines is 2. The smallest absolute Gasteiger partial charge is 0.360 e. The van der Waals surface area contributed by atoms with Gasteiger partial charge in [0, 0.05) is 0 Å². The zero-order valence-electron chi connectivity index (χ0n) is 14.4. The Morgan fingerprint density at radius 1 is 1.12 bits per heavy atom. The molecule has 0 unspecified atom stereocenters. The van der Waals surface area contributed by atoms with Crippen LogP contribution >= 0.6 is 0 Å². The van der Waals surface area contributed by atoms with Crippen LogP contribution in [0.15, 0.2) is 42.5 Å². The summed E-state index contributed by atoms with van der Waals surface area (Å²) in [7, 11) is 1.59. The average molecular weight is 337 g/mol. The van der Waals surface area contributed by atoms with Crippen LogP contribution in [-0.2, 0) is 4.74 Å². The van der Waals surface area contributed by atoms with Crippen LogP contribution in [0.25, 0.3) is 11.0 Å². The number of rotatable bonds is 5. The summed E-state index contributed by atoms with van der Waals surface area (Å²) in [5.41, 5.74) is 3.22. The van der Waals surface area contributed by atoms with Gasteiger partial charge in [0.15, 0.2) is 11.5 Å². The number of ether oxygens (including phenoxy) is 2. The van der Waals surface area contributed by atoms with E-state index in [2.05, 4.69) is 15.3 Å². The molecule has 0 radical (unpaired) electrons. The summed E-state index contributed by atoms with van der Waals surface area (Å²) < 4.78 is 10.5. The molecule has 1 aromatic heterocycles. The fourth-order valence-corrected chi connectivity index (χ4v) is 2.48. The largest absolute Gasteiger partial charge is 0.495 e. The van der Waals surface area contributed by atoms with E-state index in [4.69, 9.17) is 9.47 Å². The Morgan fingerprint density at radius 3 is 2.52 bits per heavy atom. The van der Waals surface area contributed by atoms with Gasteiger partial charge in [-0.15, -0.1) is 0 Å². The molecule has 6 nitrogen and oxygen atoms in total. The van der Waals surface area contributed by atoms with E-state index in [1.165, 1.54) is 0 Å². The van der Waals surface area contributed by atoms with E-state index in [1.807, 2.05) is 49.4 Å². The first kappa shape index (κ1) is 16.7. The Bertz CT molecular complexity index is 925. The molecule has 1 N–H and O–H groups in total. The van der Waals surface area contributed by atoms with Crippen molar-refractivity contribution in [1.82, 2.24) is 9.97 Å². The van der Waals surface area contributed by atoms with E-state index >= 15 is 0 Å². The number of benzene rings is 2. The Labute approximate surface area is 145 Å². The summed E-state index contributed by atoms with van der Waals surface area (Å²) in [6.07, 6.45) is 0. The topological polar surface area (TPSA) is 73.3 Å².